The van der Waals surface area contributed by atoms with E-state index in [0.29, 0.717) is 12.2 Å². The first kappa shape index (κ1) is 34.3. The van der Waals surface area contributed by atoms with Gasteiger partial charge in [-0.15, -0.1) is 0 Å². The number of rotatable bonds is 20. The molecule has 2 aromatic rings. The Bertz CT molecular complexity index is 1300. The molecular formula is C33H46N3O6S-. The van der Waals surface area contributed by atoms with Gasteiger partial charge in [0.15, 0.2) is 0 Å². The molecule has 0 saturated carbocycles. The maximum atomic E-state index is 12.6. The van der Waals surface area contributed by atoms with Crippen LogP contribution < -0.4 is 15.1 Å². The smallest absolute Gasteiger partial charge is 0.255 e. The molecule has 3 rings (SSSR count). The van der Waals surface area contributed by atoms with E-state index in [0.717, 1.165) is 30.3 Å². The number of para-hydroxylation sites is 1. The van der Waals surface area contributed by atoms with Crippen LogP contribution in [0.15, 0.2) is 58.5 Å². The summed E-state index contributed by atoms with van der Waals surface area (Å²) < 4.78 is 41.4. The zero-order chi connectivity index (χ0) is 30.9. The molecule has 2 aromatic carbocycles. The second-order valence-electron chi connectivity index (χ2n) is 11.2. The lowest BCUT2D eigenvalue weighted by atomic mass is 10.0. The van der Waals surface area contributed by atoms with Crippen molar-refractivity contribution in [2.24, 2.45) is 5.10 Å². The Morgan fingerprint density at radius 1 is 0.860 bits per heavy atom. The molecule has 2 amide bonds. The highest BCUT2D eigenvalue weighted by atomic mass is 32.2. The molecule has 0 spiro atoms. The molecule has 0 aliphatic carbocycles. The molecule has 1 heterocycles. The first-order chi connectivity index (χ1) is 20.8. The van der Waals surface area contributed by atoms with Gasteiger partial charge in [-0.1, -0.05) is 115 Å². The fourth-order valence-corrected chi connectivity index (χ4v) is 5.73. The lowest BCUT2D eigenvalue weighted by molar-refractivity contribution is -0.119. The highest BCUT2D eigenvalue weighted by molar-refractivity contribution is 7.85. The van der Waals surface area contributed by atoms with E-state index in [9.17, 15) is 22.6 Å². The predicted molar refractivity (Wildman–Crippen MR) is 168 cm³/mol. The topological polar surface area (TPSA) is 128 Å². The zero-order valence-corrected chi connectivity index (χ0v) is 26.2. The number of hydrazone groups is 1. The summed E-state index contributed by atoms with van der Waals surface area (Å²) in [5.74, 6) is -0.273. The van der Waals surface area contributed by atoms with Crippen molar-refractivity contribution in [2.75, 3.05) is 5.01 Å². The van der Waals surface area contributed by atoms with E-state index in [2.05, 4.69) is 17.3 Å². The molecule has 9 nitrogen and oxygen atoms in total. The van der Waals surface area contributed by atoms with Gasteiger partial charge in [0, 0.05) is 6.42 Å². The van der Waals surface area contributed by atoms with Crippen LogP contribution in [0.3, 0.4) is 0 Å². The van der Waals surface area contributed by atoms with Crippen molar-refractivity contribution in [3.05, 3.63) is 48.5 Å². The van der Waals surface area contributed by atoms with Crippen molar-refractivity contribution >= 4 is 33.5 Å². The van der Waals surface area contributed by atoms with Gasteiger partial charge in [-0.05, 0) is 36.8 Å². The molecule has 10 heteroatoms. The number of nitrogens with zero attached hydrogens (tertiary/aromatic N) is 2. The second-order valence-corrected chi connectivity index (χ2v) is 12.5. The summed E-state index contributed by atoms with van der Waals surface area (Å²) in [6.07, 6.45) is 19.0. The molecule has 0 saturated heterocycles. The average Bonchev–Trinajstić information content (AvgIpc) is 3.34. The van der Waals surface area contributed by atoms with Crippen LogP contribution in [0.2, 0.25) is 0 Å². The number of unbranched alkanes of at least 4 members (excludes halogenated alkanes) is 14. The number of amides is 2. The first-order valence-corrected chi connectivity index (χ1v) is 17.2. The van der Waals surface area contributed by atoms with Gasteiger partial charge in [-0.3, -0.25) is 9.59 Å². The third-order valence-corrected chi connectivity index (χ3v) is 8.34. The Labute approximate surface area is 256 Å². The van der Waals surface area contributed by atoms with E-state index < -0.39 is 20.9 Å². The van der Waals surface area contributed by atoms with Crippen LogP contribution in [0.25, 0.3) is 0 Å². The molecule has 0 fully saturated rings. The molecule has 0 atom stereocenters. The summed E-state index contributed by atoms with van der Waals surface area (Å²) in [7, 11) is -4.92. The van der Waals surface area contributed by atoms with Gasteiger partial charge in [-0.2, -0.15) is 10.1 Å². The van der Waals surface area contributed by atoms with Crippen LogP contribution in [-0.4, -0.2) is 30.6 Å². The monoisotopic (exact) mass is 612 g/mol. The van der Waals surface area contributed by atoms with E-state index in [1.807, 2.05) is 0 Å². The number of nitrogens with one attached hydrogen (secondary N) is 1. The molecule has 1 aliphatic rings. The van der Waals surface area contributed by atoms with Crippen molar-refractivity contribution in [2.45, 2.75) is 121 Å². The van der Waals surface area contributed by atoms with Gasteiger partial charge >= 0.3 is 0 Å². The number of anilines is 1. The minimum Gasteiger partial charge on any atom is -0.744 e. The minimum absolute atomic E-state index is 0.0893. The fourth-order valence-electron chi connectivity index (χ4n) is 5.10. The quantitative estimate of drug-likeness (QED) is 0.120. The summed E-state index contributed by atoms with van der Waals surface area (Å²) in [6, 6.07) is 12.2. The van der Waals surface area contributed by atoms with Crippen molar-refractivity contribution < 1.29 is 27.3 Å². The van der Waals surface area contributed by atoms with E-state index in [4.69, 9.17) is 4.74 Å². The average molecular weight is 613 g/mol. The summed E-state index contributed by atoms with van der Waals surface area (Å²) in [5.41, 5.74) is 0.0893. The van der Waals surface area contributed by atoms with Gasteiger partial charge < -0.3 is 14.6 Å². The van der Waals surface area contributed by atoms with E-state index in [1.54, 1.807) is 30.3 Å². The van der Waals surface area contributed by atoms with Crippen LogP contribution >= 0.6 is 0 Å². The van der Waals surface area contributed by atoms with Crippen molar-refractivity contribution in [3.63, 3.8) is 0 Å². The Kier molecular flexibility index (Phi) is 14.7. The minimum atomic E-state index is -4.92. The Hall–Kier alpha value is -3.24. The fraction of sp³-hybridized carbons (Fsp3) is 0.545. The van der Waals surface area contributed by atoms with Gasteiger partial charge in [0.2, 0.25) is 5.91 Å². The van der Waals surface area contributed by atoms with Crippen LogP contribution in [0.5, 0.6) is 11.5 Å². The molecular weight excluding hydrogens is 566 g/mol. The summed E-state index contributed by atoms with van der Waals surface area (Å²) >= 11 is 0. The van der Waals surface area contributed by atoms with E-state index >= 15 is 0 Å². The normalized spacial score (nSPS) is 13.3. The molecule has 0 radical (unpaired) electrons. The maximum Gasteiger partial charge on any atom is 0.255 e. The Morgan fingerprint density at radius 3 is 1.98 bits per heavy atom. The van der Waals surface area contributed by atoms with Crippen molar-refractivity contribution in [3.8, 4) is 11.5 Å². The van der Waals surface area contributed by atoms with Crippen LogP contribution in [0, 0.1) is 0 Å². The number of carbonyl (C=O) groups is 2. The largest absolute Gasteiger partial charge is 0.744 e. The third kappa shape index (κ3) is 12.5. The molecule has 0 aromatic heterocycles. The van der Waals surface area contributed by atoms with Crippen LogP contribution in [-0.2, 0) is 19.7 Å². The maximum absolute atomic E-state index is 12.6. The van der Waals surface area contributed by atoms with Gasteiger partial charge in [0.25, 0.3) is 5.91 Å². The molecule has 236 valence electrons. The summed E-state index contributed by atoms with van der Waals surface area (Å²) in [6.45, 7) is 2.25. The standard InChI is InChI=1S/C33H47N3O6S/c1-2-3-4-5-6-7-8-9-10-11-12-13-14-15-19-22-32(37)34-31-26-33(38)36(35-31)27-23-24-29(30(25-27)43(39,40)41)42-28-20-17-16-18-21-28/h16-18,20-21,23-25H,2-15,19,22,26H2,1H3,(H,34,35,37)(H,39,40,41)/p-1. The summed E-state index contributed by atoms with van der Waals surface area (Å²) in [5, 5.41) is 7.85. The lowest BCUT2D eigenvalue weighted by Gasteiger charge is -2.18. The molecule has 1 N–H and O–H groups in total. The molecule has 43 heavy (non-hydrogen) atoms. The highest BCUT2D eigenvalue weighted by Crippen LogP contribution is 2.33. The molecule has 0 bridgehead atoms. The van der Waals surface area contributed by atoms with Crippen LogP contribution in [0.4, 0.5) is 5.69 Å². The molecule has 1 aliphatic heterocycles. The van der Waals surface area contributed by atoms with Crippen LogP contribution in [0.1, 0.15) is 116 Å². The summed E-state index contributed by atoms with van der Waals surface area (Å²) in [4.78, 5) is 24.4. The number of hydrogen-bond acceptors (Lipinski definition) is 7. The number of benzene rings is 2. The number of ether oxygens (including phenoxy) is 1. The Morgan fingerprint density at radius 2 is 1.42 bits per heavy atom. The molecule has 0 unspecified atom stereocenters. The van der Waals surface area contributed by atoms with E-state index in [1.165, 1.54) is 89.2 Å². The SMILES string of the molecule is CCCCCCCCCCCCCCCCCC(=O)NC1=NN(c2ccc(Oc3ccccc3)c(S(=O)(=O)[O-])c2)C(=O)C1. The lowest BCUT2D eigenvalue weighted by Crippen LogP contribution is -2.29. The number of hydrogen-bond donors (Lipinski definition) is 1. The third-order valence-electron chi connectivity index (χ3n) is 7.48. The zero-order valence-electron chi connectivity index (χ0n) is 25.4. The first-order valence-electron chi connectivity index (χ1n) is 15.8. The van der Waals surface area contributed by atoms with Crippen molar-refractivity contribution in [1.82, 2.24) is 5.32 Å². The second kappa shape index (κ2) is 18.4. The number of amidine groups is 1. The predicted octanol–water partition coefficient (Wildman–Crippen LogP) is 7.81. The number of carbonyl (C=O) groups excluding carboxylic acids is 2. The highest BCUT2D eigenvalue weighted by Gasteiger charge is 2.27. The van der Waals surface area contributed by atoms with Gasteiger partial charge in [0.05, 0.1) is 17.0 Å². The van der Waals surface area contributed by atoms with E-state index in [-0.39, 0.29) is 29.6 Å². The van der Waals surface area contributed by atoms with Gasteiger partial charge in [-0.25, -0.2) is 8.42 Å². The van der Waals surface area contributed by atoms with Gasteiger partial charge in [0.1, 0.15) is 27.5 Å². The Balaban J connectivity index is 1.36. The van der Waals surface area contributed by atoms with Crippen molar-refractivity contribution in [1.29, 1.82) is 0 Å².